The predicted octanol–water partition coefficient (Wildman–Crippen LogP) is 2.66. The molecule has 0 saturated carbocycles. The Morgan fingerprint density at radius 2 is 2.09 bits per heavy atom. The van der Waals surface area contributed by atoms with Crippen molar-refractivity contribution < 1.29 is 9.18 Å². The van der Waals surface area contributed by atoms with Crippen molar-refractivity contribution in [2.45, 2.75) is 24.8 Å². The Bertz CT molecular complexity index is 680. The molecular weight excluding hydrogens is 323 g/mol. The Hall–Kier alpha value is -1.60. The van der Waals surface area contributed by atoms with Gasteiger partial charge in [-0.15, -0.1) is 11.8 Å². The lowest BCUT2D eigenvalue weighted by Crippen LogP contribution is -2.31. The van der Waals surface area contributed by atoms with Crippen molar-refractivity contribution in [3.8, 4) is 0 Å². The fourth-order valence-electron chi connectivity index (χ4n) is 1.82. The maximum Gasteiger partial charge on any atom is 0.307 e. The first-order valence-corrected chi connectivity index (χ1v) is 8.73. The molecule has 1 amide bonds. The van der Waals surface area contributed by atoms with Crippen molar-refractivity contribution in [2.75, 3.05) is 12.3 Å². The molecule has 22 heavy (non-hydrogen) atoms. The van der Waals surface area contributed by atoms with Crippen LogP contribution in [0, 0.1) is 12.7 Å². The molecule has 0 aliphatic carbocycles. The van der Waals surface area contributed by atoms with Crippen LogP contribution < -0.4 is 10.2 Å². The number of nitrogens with zero attached hydrogens (tertiary/aromatic N) is 1. The number of thioether (sulfide) groups is 1. The molecule has 0 aliphatic rings. The zero-order valence-electron chi connectivity index (χ0n) is 12.2. The van der Waals surface area contributed by atoms with E-state index in [0.717, 1.165) is 34.1 Å². The molecule has 7 heteroatoms. The van der Waals surface area contributed by atoms with Gasteiger partial charge < -0.3 is 5.32 Å². The molecule has 0 fully saturated rings. The van der Waals surface area contributed by atoms with Gasteiger partial charge in [-0.05, 0) is 43.4 Å². The number of halogens is 1. The SMILES string of the molecule is Cc1csc(=O)n1CC(=O)NCCCSc1ccc(F)cc1. The van der Waals surface area contributed by atoms with Crippen LogP contribution >= 0.6 is 23.1 Å². The molecule has 0 aliphatic heterocycles. The minimum absolute atomic E-state index is 0.0687. The zero-order valence-corrected chi connectivity index (χ0v) is 13.8. The van der Waals surface area contributed by atoms with Gasteiger partial charge in [0.05, 0.1) is 0 Å². The molecule has 0 saturated heterocycles. The minimum Gasteiger partial charge on any atom is -0.355 e. The van der Waals surface area contributed by atoms with E-state index in [2.05, 4.69) is 5.32 Å². The monoisotopic (exact) mass is 340 g/mol. The Morgan fingerprint density at radius 3 is 2.73 bits per heavy atom. The number of amides is 1. The lowest BCUT2D eigenvalue weighted by Gasteiger charge is -2.07. The van der Waals surface area contributed by atoms with E-state index >= 15 is 0 Å². The zero-order chi connectivity index (χ0) is 15.9. The molecule has 0 unspecified atom stereocenters. The molecule has 2 rings (SSSR count). The lowest BCUT2D eigenvalue weighted by molar-refractivity contribution is -0.121. The summed E-state index contributed by atoms with van der Waals surface area (Å²) >= 11 is 2.72. The number of carbonyl (C=O) groups is 1. The molecule has 0 spiro atoms. The molecule has 1 heterocycles. The van der Waals surface area contributed by atoms with Crippen LogP contribution in [0.5, 0.6) is 0 Å². The Balaban J connectivity index is 1.65. The first kappa shape index (κ1) is 16.8. The Labute approximate surface area is 136 Å². The highest BCUT2D eigenvalue weighted by Crippen LogP contribution is 2.18. The van der Waals surface area contributed by atoms with Crippen molar-refractivity contribution in [1.82, 2.24) is 9.88 Å². The van der Waals surface area contributed by atoms with E-state index in [9.17, 15) is 14.0 Å². The summed E-state index contributed by atoms with van der Waals surface area (Å²) < 4.78 is 14.2. The smallest absolute Gasteiger partial charge is 0.307 e. The van der Waals surface area contributed by atoms with Crippen molar-refractivity contribution in [1.29, 1.82) is 0 Å². The summed E-state index contributed by atoms with van der Waals surface area (Å²) in [5, 5.41) is 4.55. The van der Waals surface area contributed by atoms with Crippen molar-refractivity contribution >= 4 is 29.0 Å². The first-order valence-electron chi connectivity index (χ1n) is 6.86. The summed E-state index contributed by atoms with van der Waals surface area (Å²) in [4.78, 5) is 24.2. The second-order valence-electron chi connectivity index (χ2n) is 4.74. The largest absolute Gasteiger partial charge is 0.355 e. The van der Waals surface area contributed by atoms with Gasteiger partial charge in [0.25, 0.3) is 0 Å². The quantitative estimate of drug-likeness (QED) is 0.623. The second kappa shape index (κ2) is 8.14. The summed E-state index contributed by atoms with van der Waals surface area (Å²) in [6.45, 7) is 2.44. The van der Waals surface area contributed by atoms with Crippen LogP contribution in [0.15, 0.2) is 39.3 Å². The summed E-state index contributed by atoms with van der Waals surface area (Å²) in [5.41, 5.74) is 0.803. The topological polar surface area (TPSA) is 51.1 Å². The number of thiazole rings is 1. The molecule has 1 N–H and O–H groups in total. The third kappa shape index (κ3) is 4.99. The van der Waals surface area contributed by atoms with Crippen LogP contribution in [0.25, 0.3) is 0 Å². The first-order chi connectivity index (χ1) is 10.6. The van der Waals surface area contributed by atoms with E-state index in [1.807, 2.05) is 6.92 Å². The number of aromatic nitrogens is 1. The molecule has 118 valence electrons. The van der Waals surface area contributed by atoms with E-state index in [0.29, 0.717) is 6.54 Å². The van der Waals surface area contributed by atoms with Crippen LogP contribution in [0.3, 0.4) is 0 Å². The van der Waals surface area contributed by atoms with Crippen molar-refractivity contribution in [2.24, 2.45) is 0 Å². The van der Waals surface area contributed by atoms with E-state index < -0.39 is 0 Å². The number of rotatable bonds is 7. The fourth-order valence-corrected chi connectivity index (χ4v) is 3.40. The van der Waals surface area contributed by atoms with Crippen LogP contribution in [0.2, 0.25) is 0 Å². The van der Waals surface area contributed by atoms with Crippen LogP contribution in [0.4, 0.5) is 4.39 Å². The van der Waals surface area contributed by atoms with Crippen molar-refractivity contribution in [3.05, 3.63) is 50.8 Å². The number of hydrogen-bond donors (Lipinski definition) is 1. The average Bonchev–Trinajstić information content (AvgIpc) is 2.81. The van der Waals surface area contributed by atoms with Gasteiger partial charge in [0, 0.05) is 22.5 Å². The normalized spacial score (nSPS) is 10.6. The summed E-state index contributed by atoms with van der Waals surface area (Å²) in [6.07, 6.45) is 0.811. The highest BCUT2D eigenvalue weighted by molar-refractivity contribution is 7.99. The van der Waals surface area contributed by atoms with Gasteiger partial charge in [0.1, 0.15) is 12.4 Å². The number of aryl methyl sites for hydroxylation is 1. The Kier molecular flexibility index (Phi) is 6.21. The number of benzene rings is 1. The standard InChI is InChI=1S/C15H17FN2O2S2/c1-11-10-22-15(20)18(11)9-14(19)17-7-2-8-21-13-5-3-12(16)4-6-13/h3-6,10H,2,7-9H2,1H3,(H,17,19). The predicted molar refractivity (Wildman–Crippen MR) is 88.1 cm³/mol. The van der Waals surface area contributed by atoms with Gasteiger partial charge in [0.2, 0.25) is 5.91 Å². The van der Waals surface area contributed by atoms with E-state index in [4.69, 9.17) is 0 Å². The van der Waals surface area contributed by atoms with E-state index in [1.165, 1.54) is 16.7 Å². The summed E-state index contributed by atoms with van der Waals surface area (Å²) in [5.74, 6) is 0.439. The van der Waals surface area contributed by atoms with Gasteiger partial charge in [-0.25, -0.2) is 4.39 Å². The summed E-state index contributed by atoms with van der Waals surface area (Å²) in [6, 6.07) is 6.35. The van der Waals surface area contributed by atoms with Crippen LogP contribution in [0.1, 0.15) is 12.1 Å². The van der Waals surface area contributed by atoms with E-state index in [-0.39, 0.29) is 23.1 Å². The summed E-state index contributed by atoms with van der Waals surface area (Å²) in [7, 11) is 0. The van der Waals surface area contributed by atoms with Crippen LogP contribution in [-0.2, 0) is 11.3 Å². The van der Waals surface area contributed by atoms with Gasteiger partial charge in [-0.3, -0.25) is 14.2 Å². The second-order valence-corrected chi connectivity index (χ2v) is 6.72. The minimum atomic E-state index is -0.240. The number of nitrogens with one attached hydrogen (secondary N) is 1. The Morgan fingerprint density at radius 1 is 1.36 bits per heavy atom. The van der Waals surface area contributed by atoms with Gasteiger partial charge >= 0.3 is 4.87 Å². The fraction of sp³-hybridized carbons (Fsp3) is 0.333. The lowest BCUT2D eigenvalue weighted by atomic mass is 10.4. The van der Waals surface area contributed by atoms with E-state index in [1.54, 1.807) is 29.3 Å². The molecule has 0 atom stereocenters. The molecule has 0 radical (unpaired) electrons. The number of carbonyl (C=O) groups excluding carboxylic acids is 1. The number of hydrogen-bond acceptors (Lipinski definition) is 4. The van der Waals surface area contributed by atoms with Gasteiger partial charge in [0.15, 0.2) is 0 Å². The van der Waals surface area contributed by atoms with Gasteiger partial charge in [-0.2, -0.15) is 0 Å². The maximum absolute atomic E-state index is 12.8. The maximum atomic E-state index is 12.8. The van der Waals surface area contributed by atoms with Gasteiger partial charge in [-0.1, -0.05) is 11.3 Å². The van der Waals surface area contributed by atoms with Crippen LogP contribution in [-0.4, -0.2) is 22.8 Å². The third-order valence-electron chi connectivity index (χ3n) is 3.00. The van der Waals surface area contributed by atoms with Crippen molar-refractivity contribution in [3.63, 3.8) is 0 Å². The average molecular weight is 340 g/mol. The highest BCUT2D eigenvalue weighted by Gasteiger charge is 2.07. The molecule has 4 nitrogen and oxygen atoms in total. The third-order valence-corrected chi connectivity index (χ3v) is 4.98. The molecule has 1 aromatic heterocycles. The molecular formula is C15H17FN2O2S2. The molecule has 0 bridgehead atoms. The molecule has 2 aromatic rings. The highest BCUT2D eigenvalue weighted by atomic mass is 32.2. The molecule has 1 aromatic carbocycles.